The molecule has 2 nitrogen and oxygen atoms in total. The van der Waals surface area contributed by atoms with E-state index >= 15 is 0 Å². The van der Waals surface area contributed by atoms with Gasteiger partial charge in [0.05, 0.1) is 10.7 Å². The van der Waals surface area contributed by atoms with Crippen LogP contribution in [0.5, 0.6) is 0 Å². The first kappa shape index (κ1) is 10.7. The third kappa shape index (κ3) is 3.44. The van der Waals surface area contributed by atoms with E-state index in [1.165, 1.54) is 17.1 Å². The van der Waals surface area contributed by atoms with Crippen molar-refractivity contribution in [3.63, 3.8) is 0 Å². The summed E-state index contributed by atoms with van der Waals surface area (Å²) in [6, 6.07) is 0.278. The fourth-order valence-electron chi connectivity index (χ4n) is 1.18. The van der Waals surface area contributed by atoms with Crippen molar-refractivity contribution in [2.75, 3.05) is 0 Å². The van der Waals surface area contributed by atoms with Gasteiger partial charge in [-0.15, -0.1) is 11.3 Å². The summed E-state index contributed by atoms with van der Waals surface area (Å²) in [7, 11) is 0. The van der Waals surface area contributed by atoms with Crippen LogP contribution in [0.15, 0.2) is 5.38 Å². The van der Waals surface area contributed by atoms with Gasteiger partial charge in [-0.1, -0.05) is 20.3 Å². The molecular formula is C10H18N2S. The summed E-state index contributed by atoms with van der Waals surface area (Å²) in [6.45, 7) is 4.29. The molecule has 0 aliphatic heterocycles. The molecule has 0 amide bonds. The number of hydrogen-bond donors (Lipinski definition) is 1. The van der Waals surface area contributed by atoms with Crippen molar-refractivity contribution < 1.29 is 0 Å². The maximum absolute atomic E-state index is 5.85. The van der Waals surface area contributed by atoms with Crippen molar-refractivity contribution in [3.8, 4) is 0 Å². The molecular weight excluding hydrogens is 180 g/mol. The van der Waals surface area contributed by atoms with Crippen LogP contribution in [-0.4, -0.2) is 11.0 Å². The maximum atomic E-state index is 5.85. The molecule has 1 rings (SSSR count). The predicted octanol–water partition coefficient (Wildman–Crippen LogP) is 2.38. The molecule has 0 aliphatic rings. The second-order valence-electron chi connectivity index (χ2n) is 3.36. The predicted molar refractivity (Wildman–Crippen MR) is 58.1 cm³/mol. The number of nitrogens with two attached hydrogens (primary N) is 1. The van der Waals surface area contributed by atoms with E-state index < -0.39 is 0 Å². The summed E-state index contributed by atoms with van der Waals surface area (Å²) >= 11 is 1.74. The van der Waals surface area contributed by atoms with Crippen LogP contribution < -0.4 is 5.73 Å². The highest BCUT2D eigenvalue weighted by Crippen LogP contribution is 2.13. The average Bonchev–Trinajstić information content (AvgIpc) is 2.53. The molecule has 0 bridgehead atoms. The van der Waals surface area contributed by atoms with Crippen LogP contribution in [0.3, 0.4) is 0 Å². The summed E-state index contributed by atoms with van der Waals surface area (Å²) in [5.41, 5.74) is 7.08. The molecule has 2 N–H and O–H groups in total. The van der Waals surface area contributed by atoms with Gasteiger partial charge in [0.25, 0.3) is 0 Å². The Bertz CT molecular complexity index is 245. The van der Waals surface area contributed by atoms with E-state index in [-0.39, 0.29) is 6.04 Å². The second kappa shape index (κ2) is 5.35. The molecule has 13 heavy (non-hydrogen) atoms. The van der Waals surface area contributed by atoms with Crippen LogP contribution in [0.25, 0.3) is 0 Å². The molecule has 0 spiro atoms. The molecule has 1 aromatic heterocycles. The largest absolute Gasteiger partial charge is 0.327 e. The van der Waals surface area contributed by atoms with E-state index in [4.69, 9.17) is 5.73 Å². The minimum Gasteiger partial charge on any atom is -0.327 e. The molecule has 74 valence electrons. The Hall–Kier alpha value is -0.410. The lowest BCUT2D eigenvalue weighted by Gasteiger charge is -2.04. The summed E-state index contributed by atoms with van der Waals surface area (Å²) in [5.74, 6) is 0. The van der Waals surface area contributed by atoms with Gasteiger partial charge in [-0.25, -0.2) is 4.98 Å². The lowest BCUT2D eigenvalue weighted by Crippen LogP contribution is -2.21. The second-order valence-corrected chi connectivity index (χ2v) is 4.30. The number of aryl methyl sites for hydroxylation is 1. The summed E-state index contributed by atoms with van der Waals surface area (Å²) in [4.78, 5) is 4.53. The van der Waals surface area contributed by atoms with Crippen molar-refractivity contribution in [2.24, 2.45) is 5.73 Å². The zero-order valence-corrected chi connectivity index (χ0v) is 9.23. The van der Waals surface area contributed by atoms with Gasteiger partial charge in [0.2, 0.25) is 0 Å². The first-order valence-corrected chi connectivity index (χ1v) is 5.83. The first-order valence-electron chi connectivity index (χ1n) is 4.95. The van der Waals surface area contributed by atoms with Crippen LogP contribution in [0.2, 0.25) is 0 Å². The Morgan fingerprint density at radius 2 is 2.31 bits per heavy atom. The minimum absolute atomic E-state index is 0.278. The van der Waals surface area contributed by atoms with Crippen LogP contribution in [0, 0.1) is 0 Å². The fourth-order valence-corrected chi connectivity index (χ4v) is 2.11. The third-order valence-electron chi connectivity index (χ3n) is 2.07. The smallest absolute Gasteiger partial charge is 0.0943 e. The van der Waals surface area contributed by atoms with Crippen molar-refractivity contribution in [3.05, 3.63) is 16.1 Å². The van der Waals surface area contributed by atoms with E-state index in [2.05, 4.69) is 24.2 Å². The van der Waals surface area contributed by atoms with Gasteiger partial charge in [0.1, 0.15) is 0 Å². The standard InChI is InChI=1S/C10H18N2S/c1-3-5-9-7-13-10(12-9)6-8(11)4-2/h7-8H,3-6,11H2,1-2H3. The summed E-state index contributed by atoms with van der Waals surface area (Å²) in [5, 5.41) is 3.35. The van der Waals surface area contributed by atoms with Gasteiger partial charge in [0.15, 0.2) is 0 Å². The highest BCUT2D eigenvalue weighted by molar-refractivity contribution is 7.09. The molecule has 0 saturated heterocycles. The molecule has 1 unspecified atom stereocenters. The summed E-state index contributed by atoms with van der Waals surface area (Å²) in [6.07, 6.45) is 4.23. The maximum Gasteiger partial charge on any atom is 0.0943 e. The Morgan fingerprint density at radius 1 is 1.54 bits per heavy atom. The van der Waals surface area contributed by atoms with Gasteiger partial charge >= 0.3 is 0 Å². The molecule has 3 heteroatoms. The molecule has 1 heterocycles. The lowest BCUT2D eigenvalue weighted by molar-refractivity contribution is 0.642. The van der Waals surface area contributed by atoms with Crippen molar-refractivity contribution in [1.82, 2.24) is 4.98 Å². The highest BCUT2D eigenvalue weighted by atomic mass is 32.1. The van der Waals surface area contributed by atoms with Crippen LogP contribution >= 0.6 is 11.3 Å². The molecule has 0 fully saturated rings. The van der Waals surface area contributed by atoms with E-state index in [1.54, 1.807) is 11.3 Å². The zero-order valence-electron chi connectivity index (χ0n) is 8.42. The normalized spacial score (nSPS) is 13.2. The monoisotopic (exact) mass is 198 g/mol. The number of nitrogens with zero attached hydrogens (tertiary/aromatic N) is 1. The number of aromatic nitrogens is 1. The Morgan fingerprint density at radius 3 is 2.92 bits per heavy atom. The van der Waals surface area contributed by atoms with Gasteiger partial charge in [-0.3, -0.25) is 0 Å². The minimum atomic E-state index is 0.278. The number of hydrogen-bond acceptors (Lipinski definition) is 3. The molecule has 0 aliphatic carbocycles. The van der Waals surface area contributed by atoms with E-state index in [1.807, 2.05) is 0 Å². The number of rotatable bonds is 5. The van der Waals surface area contributed by atoms with Gasteiger partial charge in [-0.05, 0) is 12.8 Å². The van der Waals surface area contributed by atoms with Gasteiger partial charge < -0.3 is 5.73 Å². The van der Waals surface area contributed by atoms with Crippen molar-refractivity contribution in [1.29, 1.82) is 0 Å². The van der Waals surface area contributed by atoms with Crippen LogP contribution in [0.1, 0.15) is 37.4 Å². The van der Waals surface area contributed by atoms with Crippen LogP contribution in [-0.2, 0) is 12.8 Å². The molecule has 0 saturated carbocycles. The summed E-state index contributed by atoms with van der Waals surface area (Å²) < 4.78 is 0. The van der Waals surface area contributed by atoms with Crippen molar-refractivity contribution in [2.45, 2.75) is 45.6 Å². The van der Waals surface area contributed by atoms with Crippen LogP contribution in [0.4, 0.5) is 0 Å². The Kier molecular flexibility index (Phi) is 4.39. The topological polar surface area (TPSA) is 38.9 Å². The van der Waals surface area contributed by atoms with E-state index in [0.717, 1.165) is 19.3 Å². The van der Waals surface area contributed by atoms with Gasteiger partial charge in [0, 0.05) is 17.8 Å². The number of thiazole rings is 1. The molecule has 0 aromatic carbocycles. The van der Waals surface area contributed by atoms with E-state index in [0.29, 0.717) is 0 Å². The Labute approximate surface area is 84.2 Å². The average molecular weight is 198 g/mol. The van der Waals surface area contributed by atoms with Crippen molar-refractivity contribution >= 4 is 11.3 Å². The first-order chi connectivity index (χ1) is 6.26. The molecule has 1 atom stereocenters. The van der Waals surface area contributed by atoms with Gasteiger partial charge in [-0.2, -0.15) is 0 Å². The molecule has 1 aromatic rings. The third-order valence-corrected chi connectivity index (χ3v) is 2.99. The lowest BCUT2D eigenvalue weighted by atomic mass is 10.2. The van der Waals surface area contributed by atoms with E-state index in [9.17, 15) is 0 Å². The molecule has 0 radical (unpaired) electrons. The quantitative estimate of drug-likeness (QED) is 0.789. The highest BCUT2D eigenvalue weighted by Gasteiger charge is 2.05. The zero-order chi connectivity index (χ0) is 9.68. The Balaban J connectivity index is 2.48. The SMILES string of the molecule is CCCc1csc(CC(N)CC)n1. The fraction of sp³-hybridized carbons (Fsp3) is 0.700.